The molecule has 5 heteroatoms. The molecule has 0 saturated heterocycles. The van der Waals surface area contributed by atoms with Crippen molar-refractivity contribution in [2.45, 2.75) is 18.9 Å². The van der Waals surface area contributed by atoms with Crippen LogP contribution >= 0.6 is 0 Å². The average Bonchev–Trinajstić information content (AvgIpc) is 2.67. The highest BCUT2D eigenvalue weighted by molar-refractivity contribution is 7.89. The van der Waals surface area contributed by atoms with E-state index < -0.39 is 10.0 Å². The van der Waals surface area contributed by atoms with E-state index in [1.165, 1.54) is 0 Å². The Bertz CT molecular complexity index is 209. The van der Waals surface area contributed by atoms with Crippen LogP contribution in [-0.2, 0) is 10.0 Å². The van der Waals surface area contributed by atoms with Crippen LogP contribution in [0.1, 0.15) is 12.8 Å². The van der Waals surface area contributed by atoms with Gasteiger partial charge in [-0.05, 0) is 19.9 Å². The summed E-state index contributed by atoms with van der Waals surface area (Å²) in [5.41, 5.74) is 0. The number of sulfonamides is 1. The van der Waals surface area contributed by atoms with Crippen molar-refractivity contribution in [3.63, 3.8) is 0 Å². The van der Waals surface area contributed by atoms with Crippen molar-refractivity contribution >= 4 is 10.0 Å². The molecule has 0 heterocycles. The molecule has 11 heavy (non-hydrogen) atoms. The summed E-state index contributed by atoms with van der Waals surface area (Å²) in [5, 5.41) is 2.80. The Morgan fingerprint density at radius 2 is 2.09 bits per heavy atom. The molecule has 0 bridgehead atoms. The van der Waals surface area contributed by atoms with Gasteiger partial charge in [-0.2, -0.15) is 0 Å². The topological polar surface area (TPSA) is 58.2 Å². The third-order valence-corrected chi connectivity index (χ3v) is 2.98. The molecule has 1 rings (SSSR count). The number of hydrogen-bond donors (Lipinski definition) is 2. The van der Waals surface area contributed by atoms with Crippen LogP contribution in [0.25, 0.3) is 0 Å². The molecule has 1 fully saturated rings. The maximum absolute atomic E-state index is 11.1. The second-order valence-electron chi connectivity index (χ2n) is 2.81. The van der Waals surface area contributed by atoms with E-state index in [2.05, 4.69) is 10.0 Å². The summed E-state index contributed by atoms with van der Waals surface area (Å²) < 4.78 is 24.8. The highest BCUT2D eigenvalue weighted by atomic mass is 32.2. The highest BCUT2D eigenvalue weighted by Crippen LogP contribution is 2.19. The zero-order valence-electron chi connectivity index (χ0n) is 6.63. The minimum atomic E-state index is -2.99. The second-order valence-corrected chi connectivity index (χ2v) is 4.69. The van der Waals surface area contributed by atoms with Gasteiger partial charge in [-0.3, -0.25) is 0 Å². The summed E-state index contributed by atoms with van der Waals surface area (Å²) >= 11 is 0. The fraction of sp³-hybridized carbons (Fsp3) is 1.00. The fourth-order valence-corrected chi connectivity index (χ4v) is 2.08. The third-order valence-electron chi connectivity index (χ3n) is 1.54. The zero-order chi connectivity index (χ0) is 8.32. The van der Waals surface area contributed by atoms with Crippen molar-refractivity contribution < 1.29 is 8.42 Å². The summed E-state index contributed by atoms with van der Waals surface area (Å²) in [6, 6.07) is 0.233. The number of nitrogens with one attached hydrogen (secondary N) is 2. The summed E-state index contributed by atoms with van der Waals surface area (Å²) in [6.07, 6.45) is 2.00. The molecule has 0 unspecified atom stereocenters. The summed E-state index contributed by atoms with van der Waals surface area (Å²) in [7, 11) is -1.25. The molecule has 1 aliphatic rings. The molecule has 0 aromatic heterocycles. The lowest BCUT2D eigenvalue weighted by molar-refractivity contribution is 0.578. The van der Waals surface area contributed by atoms with Gasteiger partial charge < -0.3 is 5.32 Å². The Labute approximate surface area is 67.4 Å². The second kappa shape index (κ2) is 3.51. The molecule has 0 atom stereocenters. The van der Waals surface area contributed by atoms with E-state index in [4.69, 9.17) is 0 Å². The summed E-state index contributed by atoms with van der Waals surface area (Å²) in [5.74, 6) is 0.181. The maximum Gasteiger partial charge on any atom is 0.213 e. The summed E-state index contributed by atoms with van der Waals surface area (Å²) in [6.45, 7) is 0.516. The molecule has 1 saturated carbocycles. The fourth-order valence-electron chi connectivity index (χ4n) is 0.750. The molecule has 0 aromatic carbocycles. The van der Waals surface area contributed by atoms with Crippen LogP contribution in [-0.4, -0.2) is 33.8 Å². The molecule has 0 spiro atoms. The van der Waals surface area contributed by atoms with Crippen LogP contribution in [0.4, 0.5) is 0 Å². The predicted octanol–water partition coefficient (Wildman–Crippen LogP) is -0.712. The van der Waals surface area contributed by atoms with E-state index in [0.717, 1.165) is 12.8 Å². The molecular formula is C6H14N2O2S. The lowest BCUT2D eigenvalue weighted by atomic mass is 10.8. The maximum atomic E-state index is 11.1. The third kappa shape index (κ3) is 3.69. The van der Waals surface area contributed by atoms with E-state index in [-0.39, 0.29) is 11.8 Å². The van der Waals surface area contributed by atoms with Crippen LogP contribution in [0.2, 0.25) is 0 Å². The number of hydrogen-bond acceptors (Lipinski definition) is 3. The van der Waals surface area contributed by atoms with Crippen molar-refractivity contribution in [1.82, 2.24) is 10.0 Å². The lowest BCUT2D eigenvalue weighted by Crippen LogP contribution is -2.32. The van der Waals surface area contributed by atoms with Gasteiger partial charge in [0.25, 0.3) is 0 Å². The molecule has 66 valence electrons. The van der Waals surface area contributed by atoms with Crippen LogP contribution in [0.5, 0.6) is 0 Å². The molecule has 0 radical (unpaired) electrons. The molecular weight excluding hydrogens is 164 g/mol. The van der Waals surface area contributed by atoms with E-state index >= 15 is 0 Å². The Morgan fingerprint density at radius 3 is 2.55 bits per heavy atom. The van der Waals surface area contributed by atoms with Crippen LogP contribution < -0.4 is 10.0 Å². The first kappa shape index (κ1) is 8.96. The SMILES string of the molecule is CNCCS(=O)(=O)NC1CC1. The standard InChI is InChI=1S/C6H14N2O2S/c1-7-4-5-11(9,10)8-6-2-3-6/h6-8H,2-5H2,1H3. The zero-order valence-corrected chi connectivity index (χ0v) is 7.45. The summed E-state index contributed by atoms with van der Waals surface area (Å²) in [4.78, 5) is 0. The van der Waals surface area contributed by atoms with Gasteiger partial charge in [0.15, 0.2) is 0 Å². The van der Waals surface area contributed by atoms with Crippen molar-refractivity contribution in [2.24, 2.45) is 0 Å². The van der Waals surface area contributed by atoms with Crippen LogP contribution in [0, 0.1) is 0 Å². The minimum Gasteiger partial charge on any atom is -0.319 e. The van der Waals surface area contributed by atoms with Gasteiger partial charge in [0.2, 0.25) is 10.0 Å². The van der Waals surface area contributed by atoms with Gasteiger partial charge in [0.05, 0.1) is 5.75 Å². The van der Waals surface area contributed by atoms with Gasteiger partial charge >= 0.3 is 0 Å². The smallest absolute Gasteiger partial charge is 0.213 e. The number of rotatable bonds is 5. The molecule has 2 N–H and O–H groups in total. The largest absolute Gasteiger partial charge is 0.319 e. The highest BCUT2D eigenvalue weighted by Gasteiger charge is 2.26. The average molecular weight is 178 g/mol. The van der Waals surface area contributed by atoms with Crippen molar-refractivity contribution in [2.75, 3.05) is 19.3 Å². The van der Waals surface area contributed by atoms with Crippen molar-refractivity contribution in [3.05, 3.63) is 0 Å². The van der Waals surface area contributed by atoms with Crippen molar-refractivity contribution in [1.29, 1.82) is 0 Å². The normalized spacial score (nSPS) is 18.6. The predicted molar refractivity (Wildman–Crippen MR) is 43.9 cm³/mol. The van der Waals surface area contributed by atoms with Crippen LogP contribution in [0.3, 0.4) is 0 Å². The Kier molecular flexibility index (Phi) is 2.86. The quantitative estimate of drug-likeness (QED) is 0.584. The monoisotopic (exact) mass is 178 g/mol. The first-order valence-electron chi connectivity index (χ1n) is 3.78. The van der Waals surface area contributed by atoms with Gasteiger partial charge in [0, 0.05) is 12.6 Å². The van der Waals surface area contributed by atoms with Gasteiger partial charge in [-0.25, -0.2) is 13.1 Å². The molecule has 4 nitrogen and oxygen atoms in total. The Morgan fingerprint density at radius 1 is 1.45 bits per heavy atom. The molecule has 0 aromatic rings. The van der Waals surface area contributed by atoms with E-state index in [0.29, 0.717) is 6.54 Å². The van der Waals surface area contributed by atoms with Gasteiger partial charge in [0.1, 0.15) is 0 Å². The molecule has 0 amide bonds. The van der Waals surface area contributed by atoms with E-state index in [1.54, 1.807) is 7.05 Å². The minimum absolute atomic E-state index is 0.181. The lowest BCUT2D eigenvalue weighted by Gasteiger charge is -2.03. The van der Waals surface area contributed by atoms with E-state index in [9.17, 15) is 8.42 Å². The molecule has 0 aliphatic heterocycles. The van der Waals surface area contributed by atoms with Crippen molar-refractivity contribution in [3.8, 4) is 0 Å². The van der Waals surface area contributed by atoms with Crippen LogP contribution in [0.15, 0.2) is 0 Å². The first-order chi connectivity index (χ1) is 5.14. The van der Waals surface area contributed by atoms with E-state index in [1.807, 2.05) is 0 Å². The Hall–Kier alpha value is -0.130. The Balaban J connectivity index is 2.26. The van der Waals surface area contributed by atoms with Gasteiger partial charge in [-0.15, -0.1) is 0 Å². The van der Waals surface area contributed by atoms with Gasteiger partial charge in [-0.1, -0.05) is 0 Å². The first-order valence-corrected chi connectivity index (χ1v) is 5.44. The molecule has 1 aliphatic carbocycles.